The van der Waals surface area contributed by atoms with Gasteiger partial charge in [-0.05, 0) is 66.7 Å². The van der Waals surface area contributed by atoms with Gasteiger partial charge < -0.3 is 4.90 Å². The van der Waals surface area contributed by atoms with Gasteiger partial charge in [-0.2, -0.15) is 0 Å². The van der Waals surface area contributed by atoms with Crippen LogP contribution in [0.4, 0.5) is 10.5 Å². The molecule has 1 fully saturated rings. The van der Waals surface area contributed by atoms with Crippen LogP contribution in [0.25, 0.3) is 6.08 Å². The summed E-state index contributed by atoms with van der Waals surface area (Å²) in [6, 6.07) is 14.4. The van der Waals surface area contributed by atoms with Gasteiger partial charge in [0.2, 0.25) is 0 Å². The molecule has 1 atom stereocenters. The predicted octanol–water partition coefficient (Wildman–Crippen LogP) is 4.40. The van der Waals surface area contributed by atoms with Gasteiger partial charge in [0.15, 0.2) is 0 Å². The Morgan fingerprint density at radius 1 is 1.15 bits per heavy atom. The maximum Gasteiger partial charge on any atom is 0.324 e. The molecule has 6 nitrogen and oxygen atoms in total. The van der Waals surface area contributed by atoms with Gasteiger partial charge in [0, 0.05) is 32.6 Å². The molecule has 2 aromatic carbocycles. The van der Waals surface area contributed by atoms with Crippen molar-refractivity contribution in [2.75, 3.05) is 26.7 Å². The van der Waals surface area contributed by atoms with Crippen molar-refractivity contribution in [2.45, 2.75) is 44.6 Å². The average Bonchev–Trinajstić information content (AvgIpc) is 3.33. The van der Waals surface area contributed by atoms with Crippen LogP contribution in [0.15, 0.2) is 54.0 Å². The second kappa shape index (κ2) is 10.3. The average molecular weight is 459 g/mol. The summed E-state index contributed by atoms with van der Waals surface area (Å²) in [5.74, 6) is -0.216. The minimum atomic E-state index is -0.820. The van der Waals surface area contributed by atoms with E-state index < -0.39 is 5.54 Å². The number of imide groups is 1. The number of unbranched alkanes of at least 4 members (excludes halogenated alkanes) is 1. The number of likely N-dealkylation sites (N-methyl/N-ethyl adjacent to an activating group) is 1. The summed E-state index contributed by atoms with van der Waals surface area (Å²) in [6.45, 7) is 8.95. The van der Waals surface area contributed by atoms with Gasteiger partial charge >= 0.3 is 6.03 Å². The smallest absolute Gasteiger partial charge is 0.312 e. The largest absolute Gasteiger partial charge is 0.324 e. The molecule has 0 saturated carbocycles. The van der Waals surface area contributed by atoms with Gasteiger partial charge in [0.05, 0.1) is 5.69 Å². The van der Waals surface area contributed by atoms with E-state index in [1.165, 1.54) is 12.0 Å². The van der Waals surface area contributed by atoms with Crippen LogP contribution in [0.5, 0.6) is 0 Å². The molecule has 1 spiro atoms. The normalized spacial score (nSPS) is 19.4. The van der Waals surface area contributed by atoms with Crippen LogP contribution in [-0.4, -0.2) is 60.2 Å². The molecule has 1 aliphatic carbocycles. The molecule has 178 valence electrons. The number of carbonyl (C=O) groups is 2. The highest BCUT2D eigenvalue weighted by atomic mass is 16.2. The lowest BCUT2D eigenvalue weighted by Crippen LogP contribution is -2.48. The van der Waals surface area contributed by atoms with Gasteiger partial charge in [0.1, 0.15) is 5.54 Å². The molecule has 3 amide bonds. The van der Waals surface area contributed by atoms with Gasteiger partial charge in [-0.3, -0.25) is 20.0 Å². The van der Waals surface area contributed by atoms with E-state index in [1.807, 2.05) is 12.3 Å². The van der Waals surface area contributed by atoms with Gasteiger partial charge in [-0.15, -0.1) is 0 Å². The molecule has 34 heavy (non-hydrogen) atoms. The molecule has 2 aliphatic rings. The molecule has 0 aromatic heterocycles. The molecule has 2 aromatic rings. The number of aryl methyl sites for hydroxylation is 1. The summed E-state index contributed by atoms with van der Waals surface area (Å²) in [7, 11) is 1.69. The zero-order chi connectivity index (χ0) is 24.1. The molecule has 1 unspecified atom stereocenters. The maximum atomic E-state index is 12.6. The summed E-state index contributed by atoms with van der Waals surface area (Å²) in [4.78, 5) is 33.3. The molecular weight excluding hydrogens is 424 g/mol. The number of fused-ring (bicyclic) bond motifs is 1. The van der Waals surface area contributed by atoms with E-state index in [0.29, 0.717) is 12.8 Å². The number of carbonyl (C=O) groups excluding carboxylic acids is 2. The number of rotatable bonds is 10. The first-order valence-corrected chi connectivity index (χ1v) is 12.1. The minimum absolute atomic E-state index is 0.216. The van der Waals surface area contributed by atoms with E-state index in [0.717, 1.165) is 54.9 Å². The van der Waals surface area contributed by atoms with Crippen molar-refractivity contribution in [3.63, 3.8) is 0 Å². The summed E-state index contributed by atoms with van der Waals surface area (Å²) >= 11 is 0. The van der Waals surface area contributed by atoms with Crippen LogP contribution in [0.2, 0.25) is 0 Å². The number of hydrogen-bond acceptors (Lipinski definition) is 4. The van der Waals surface area contributed by atoms with E-state index in [4.69, 9.17) is 4.99 Å². The lowest BCUT2D eigenvalue weighted by molar-refractivity contribution is -0.125. The number of benzene rings is 2. The van der Waals surface area contributed by atoms with Crippen molar-refractivity contribution in [1.82, 2.24) is 15.1 Å². The Morgan fingerprint density at radius 2 is 1.88 bits per heavy atom. The maximum absolute atomic E-state index is 12.6. The fourth-order valence-electron chi connectivity index (χ4n) is 4.98. The van der Waals surface area contributed by atoms with Gasteiger partial charge in [-0.1, -0.05) is 49.9 Å². The fraction of sp³-hybridized carbons (Fsp3) is 0.393. The lowest BCUT2D eigenvalue weighted by atomic mass is 9.95. The molecule has 0 bridgehead atoms. The second-order valence-electron chi connectivity index (χ2n) is 9.23. The summed E-state index contributed by atoms with van der Waals surface area (Å²) in [5.41, 5.74) is 4.54. The third-order valence-electron chi connectivity index (χ3n) is 7.17. The van der Waals surface area contributed by atoms with E-state index in [1.54, 1.807) is 11.9 Å². The zero-order valence-corrected chi connectivity index (χ0v) is 20.2. The lowest BCUT2D eigenvalue weighted by Gasteiger charge is -2.27. The predicted molar refractivity (Wildman–Crippen MR) is 138 cm³/mol. The van der Waals surface area contributed by atoms with Crippen LogP contribution >= 0.6 is 0 Å². The Labute approximate surface area is 202 Å². The highest BCUT2D eigenvalue weighted by Crippen LogP contribution is 2.40. The molecule has 1 aliphatic heterocycles. The monoisotopic (exact) mass is 458 g/mol. The quantitative estimate of drug-likeness (QED) is 0.326. The Hall–Kier alpha value is -3.25. The SMILES string of the molecule is C=Cc1cc2c(cc1N=CCN(CC)CCCCc1ccccc1)CC1(C2)C(=O)NC(=O)N1C. The number of nitrogens with zero attached hydrogens (tertiary/aromatic N) is 3. The fourth-order valence-corrected chi connectivity index (χ4v) is 4.98. The minimum Gasteiger partial charge on any atom is -0.312 e. The first-order chi connectivity index (χ1) is 16.5. The number of hydrogen-bond donors (Lipinski definition) is 1. The Kier molecular flexibility index (Phi) is 7.27. The van der Waals surface area contributed by atoms with Crippen molar-refractivity contribution in [3.05, 3.63) is 71.3 Å². The van der Waals surface area contributed by atoms with E-state index >= 15 is 0 Å². The van der Waals surface area contributed by atoms with Gasteiger partial charge in [-0.25, -0.2) is 4.79 Å². The van der Waals surface area contributed by atoms with E-state index in [-0.39, 0.29) is 11.9 Å². The van der Waals surface area contributed by atoms with Crippen molar-refractivity contribution in [1.29, 1.82) is 0 Å². The van der Waals surface area contributed by atoms with Crippen LogP contribution in [0, 0.1) is 0 Å². The second-order valence-corrected chi connectivity index (χ2v) is 9.23. The molecule has 0 radical (unpaired) electrons. The summed E-state index contributed by atoms with van der Waals surface area (Å²) < 4.78 is 0. The van der Waals surface area contributed by atoms with Crippen LogP contribution in [0.3, 0.4) is 0 Å². The third kappa shape index (κ3) is 4.82. The van der Waals surface area contributed by atoms with Crippen LogP contribution in [-0.2, 0) is 24.1 Å². The highest BCUT2D eigenvalue weighted by Gasteiger charge is 2.54. The van der Waals surface area contributed by atoms with Crippen LogP contribution in [0.1, 0.15) is 42.0 Å². The molecule has 1 saturated heterocycles. The molecule has 1 N–H and O–H groups in total. The van der Waals surface area contributed by atoms with Crippen molar-refractivity contribution in [3.8, 4) is 0 Å². The number of nitrogens with one attached hydrogen (secondary N) is 1. The first-order valence-electron chi connectivity index (χ1n) is 12.1. The standard InChI is InChI=1S/C28H34N4O2/c1-4-22-17-23-19-28(26(33)30-27(34)31(28)3)20-24(23)18-25(22)29-14-16-32(5-2)15-10-9-13-21-11-7-6-8-12-21/h4,6-8,11-12,14,17-18H,1,5,9-10,13,15-16,19-20H2,2-3H3,(H,30,33,34). The third-order valence-corrected chi connectivity index (χ3v) is 7.17. The molecule has 4 rings (SSSR count). The molecule has 1 heterocycles. The van der Waals surface area contributed by atoms with Crippen LogP contribution < -0.4 is 5.32 Å². The molecular formula is C28H34N4O2. The summed E-state index contributed by atoms with van der Waals surface area (Å²) in [6.07, 6.45) is 8.26. The number of urea groups is 1. The number of amides is 3. The highest BCUT2D eigenvalue weighted by molar-refractivity contribution is 6.07. The molecule has 6 heteroatoms. The zero-order valence-electron chi connectivity index (χ0n) is 20.2. The Morgan fingerprint density at radius 3 is 2.53 bits per heavy atom. The van der Waals surface area contributed by atoms with Gasteiger partial charge in [0.25, 0.3) is 5.91 Å². The topological polar surface area (TPSA) is 65.0 Å². The Bertz CT molecular complexity index is 1100. The van der Waals surface area contributed by atoms with E-state index in [2.05, 4.69) is 66.2 Å². The van der Waals surface area contributed by atoms with Crippen molar-refractivity contribution < 1.29 is 9.59 Å². The Balaban J connectivity index is 1.37. The van der Waals surface area contributed by atoms with E-state index in [9.17, 15) is 9.59 Å². The first kappa shape index (κ1) is 23.9. The number of aliphatic imine (C=N–C) groups is 1. The van der Waals surface area contributed by atoms with Crippen molar-refractivity contribution >= 4 is 29.9 Å². The summed E-state index contributed by atoms with van der Waals surface area (Å²) in [5, 5.41) is 2.45. The van der Waals surface area contributed by atoms with Crippen molar-refractivity contribution in [2.24, 2.45) is 4.99 Å².